The molecule has 0 amide bonds. The Morgan fingerprint density at radius 2 is 1.70 bits per heavy atom. The standard InChI is InChI=1S/C16H16FNO4S/c1-18(15(16(19)20)13-5-3-2-4-6-13)23(21,22)11-12-7-9-14(17)10-8-12/h2-10,15H,11H2,1H3,(H,19,20). The largest absolute Gasteiger partial charge is 0.480 e. The van der Waals surface area contributed by atoms with Gasteiger partial charge in [-0.05, 0) is 23.3 Å². The number of likely N-dealkylation sites (N-methyl/N-ethyl adjacent to an activating group) is 1. The summed E-state index contributed by atoms with van der Waals surface area (Å²) >= 11 is 0. The molecule has 0 heterocycles. The Hall–Kier alpha value is -2.25. The highest BCUT2D eigenvalue weighted by Gasteiger charge is 2.32. The Balaban J connectivity index is 2.29. The predicted molar refractivity (Wildman–Crippen MR) is 83.6 cm³/mol. The lowest BCUT2D eigenvalue weighted by atomic mass is 10.1. The molecule has 1 atom stereocenters. The number of rotatable bonds is 6. The molecule has 0 radical (unpaired) electrons. The van der Waals surface area contributed by atoms with Crippen LogP contribution in [0.1, 0.15) is 17.2 Å². The van der Waals surface area contributed by atoms with Crippen LogP contribution in [0.2, 0.25) is 0 Å². The average Bonchev–Trinajstić information content (AvgIpc) is 2.50. The number of halogens is 1. The van der Waals surface area contributed by atoms with Gasteiger partial charge in [-0.1, -0.05) is 42.5 Å². The summed E-state index contributed by atoms with van der Waals surface area (Å²) in [5.74, 6) is -2.13. The first kappa shape index (κ1) is 17.1. The van der Waals surface area contributed by atoms with Crippen LogP contribution in [0.15, 0.2) is 54.6 Å². The van der Waals surface area contributed by atoms with E-state index in [1.807, 2.05) is 0 Å². The topological polar surface area (TPSA) is 74.7 Å². The zero-order chi connectivity index (χ0) is 17.0. The molecule has 5 nitrogen and oxygen atoms in total. The SMILES string of the molecule is CN(C(C(=O)O)c1ccccc1)S(=O)(=O)Cc1ccc(F)cc1. The van der Waals surface area contributed by atoms with E-state index >= 15 is 0 Å². The summed E-state index contributed by atoms with van der Waals surface area (Å²) in [4.78, 5) is 11.5. The third-order valence-corrected chi connectivity index (χ3v) is 5.20. The summed E-state index contributed by atoms with van der Waals surface area (Å²) < 4.78 is 38.7. The minimum atomic E-state index is -3.89. The number of carboxylic acid groups (broad SMARTS) is 1. The summed E-state index contributed by atoms with van der Waals surface area (Å²) in [6.45, 7) is 0. The van der Waals surface area contributed by atoms with Crippen molar-refractivity contribution in [3.63, 3.8) is 0 Å². The first-order valence-electron chi connectivity index (χ1n) is 6.79. The van der Waals surface area contributed by atoms with Crippen molar-refractivity contribution >= 4 is 16.0 Å². The lowest BCUT2D eigenvalue weighted by molar-refractivity contribution is -0.141. The maximum Gasteiger partial charge on any atom is 0.326 e. The molecule has 2 rings (SSSR count). The molecular weight excluding hydrogens is 321 g/mol. The average molecular weight is 337 g/mol. The summed E-state index contributed by atoms with van der Waals surface area (Å²) in [6, 6.07) is 11.9. The normalized spacial score (nSPS) is 13.0. The fraction of sp³-hybridized carbons (Fsp3) is 0.188. The van der Waals surface area contributed by atoms with Gasteiger partial charge in [0.15, 0.2) is 0 Å². The molecule has 1 N–H and O–H groups in total. The number of hydrogen-bond donors (Lipinski definition) is 1. The van der Waals surface area contributed by atoms with Gasteiger partial charge in [0.25, 0.3) is 0 Å². The van der Waals surface area contributed by atoms with Crippen molar-refractivity contribution in [2.45, 2.75) is 11.8 Å². The molecular formula is C16H16FNO4S. The van der Waals surface area contributed by atoms with E-state index in [1.165, 1.54) is 19.2 Å². The highest BCUT2D eigenvalue weighted by Crippen LogP contribution is 2.24. The second kappa shape index (κ2) is 6.89. The van der Waals surface area contributed by atoms with E-state index in [4.69, 9.17) is 0 Å². The third-order valence-electron chi connectivity index (χ3n) is 3.41. The van der Waals surface area contributed by atoms with Crippen molar-refractivity contribution in [1.82, 2.24) is 4.31 Å². The van der Waals surface area contributed by atoms with Gasteiger partial charge in [-0.2, -0.15) is 4.31 Å². The van der Waals surface area contributed by atoms with Gasteiger partial charge in [0.2, 0.25) is 10.0 Å². The number of carboxylic acids is 1. The molecule has 7 heteroatoms. The summed E-state index contributed by atoms with van der Waals surface area (Å²) in [5, 5.41) is 9.41. The van der Waals surface area contributed by atoms with Gasteiger partial charge in [-0.25, -0.2) is 12.8 Å². The molecule has 0 aliphatic heterocycles. The Labute approximate surface area is 134 Å². The van der Waals surface area contributed by atoms with Crippen molar-refractivity contribution < 1.29 is 22.7 Å². The van der Waals surface area contributed by atoms with Crippen LogP contribution in [0.25, 0.3) is 0 Å². The Morgan fingerprint density at radius 3 is 2.22 bits per heavy atom. The fourth-order valence-electron chi connectivity index (χ4n) is 2.20. The third kappa shape index (κ3) is 4.14. The fourth-order valence-corrected chi connectivity index (χ4v) is 3.55. The van der Waals surface area contributed by atoms with Crippen LogP contribution < -0.4 is 0 Å². The van der Waals surface area contributed by atoms with Crippen LogP contribution in [0.5, 0.6) is 0 Å². The van der Waals surface area contributed by atoms with Crippen molar-refractivity contribution in [2.75, 3.05) is 7.05 Å². The van der Waals surface area contributed by atoms with Crippen molar-refractivity contribution in [3.8, 4) is 0 Å². The van der Waals surface area contributed by atoms with E-state index in [1.54, 1.807) is 30.3 Å². The van der Waals surface area contributed by atoms with Crippen LogP contribution in [-0.2, 0) is 20.6 Å². The van der Waals surface area contributed by atoms with Crippen LogP contribution >= 0.6 is 0 Å². The maximum absolute atomic E-state index is 12.9. The predicted octanol–water partition coefficient (Wildman–Crippen LogP) is 2.41. The molecule has 122 valence electrons. The molecule has 0 fully saturated rings. The molecule has 0 spiro atoms. The molecule has 1 unspecified atom stereocenters. The van der Waals surface area contributed by atoms with Crippen molar-refractivity contribution in [2.24, 2.45) is 0 Å². The Kier molecular flexibility index (Phi) is 5.12. The van der Waals surface area contributed by atoms with E-state index < -0.39 is 33.6 Å². The van der Waals surface area contributed by atoms with Crippen molar-refractivity contribution in [1.29, 1.82) is 0 Å². The van der Waals surface area contributed by atoms with Crippen LogP contribution in [0.4, 0.5) is 4.39 Å². The van der Waals surface area contributed by atoms with Crippen LogP contribution in [0, 0.1) is 5.82 Å². The number of carbonyl (C=O) groups is 1. The molecule has 0 bridgehead atoms. The van der Waals surface area contributed by atoms with Gasteiger partial charge in [0.05, 0.1) is 5.75 Å². The molecule has 0 aliphatic rings. The first-order chi connectivity index (χ1) is 10.8. The lowest BCUT2D eigenvalue weighted by Gasteiger charge is -2.24. The monoisotopic (exact) mass is 337 g/mol. The van der Waals surface area contributed by atoms with E-state index in [-0.39, 0.29) is 0 Å². The smallest absolute Gasteiger partial charge is 0.326 e. The zero-order valence-electron chi connectivity index (χ0n) is 12.4. The zero-order valence-corrected chi connectivity index (χ0v) is 13.2. The molecule has 0 aliphatic carbocycles. The van der Waals surface area contributed by atoms with Gasteiger partial charge in [-0.3, -0.25) is 4.79 Å². The number of nitrogens with zero attached hydrogens (tertiary/aromatic N) is 1. The number of hydrogen-bond acceptors (Lipinski definition) is 3. The second-order valence-electron chi connectivity index (χ2n) is 5.05. The summed E-state index contributed by atoms with van der Waals surface area (Å²) in [7, 11) is -2.66. The molecule has 23 heavy (non-hydrogen) atoms. The van der Waals surface area contributed by atoms with Gasteiger partial charge >= 0.3 is 5.97 Å². The highest BCUT2D eigenvalue weighted by atomic mass is 32.2. The van der Waals surface area contributed by atoms with Gasteiger partial charge in [-0.15, -0.1) is 0 Å². The minimum Gasteiger partial charge on any atom is -0.480 e. The molecule has 2 aromatic carbocycles. The van der Waals surface area contributed by atoms with Crippen LogP contribution in [0.3, 0.4) is 0 Å². The molecule has 2 aromatic rings. The second-order valence-corrected chi connectivity index (χ2v) is 7.08. The van der Waals surface area contributed by atoms with E-state index in [0.29, 0.717) is 11.1 Å². The number of benzene rings is 2. The Bertz CT molecular complexity index is 775. The lowest BCUT2D eigenvalue weighted by Crippen LogP contribution is -2.36. The van der Waals surface area contributed by atoms with Crippen LogP contribution in [-0.4, -0.2) is 30.8 Å². The quantitative estimate of drug-likeness (QED) is 0.878. The minimum absolute atomic E-state index is 0.366. The van der Waals surface area contributed by atoms with E-state index in [2.05, 4.69) is 0 Å². The van der Waals surface area contributed by atoms with Gasteiger partial charge < -0.3 is 5.11 Å². The van der Waals surface area contributed by atoms with Gasteiger partial charge in [0, 0.05) is 7.05 Å². The van der Waals surface area contributed by atoms with E-state index in [0.717, 1.165) is 16.4 Å². The highest BCUT2D eigenvalue weighted by molar-refractivity contribution is 7.88. The summed E-state index contributed by atoms with van der Waals surface area (Å²) in [6.07, 6.45) is 0. The van der Waals surface area contributed by atoms with Crippen molar-refractivity contribution in [3.05, 3.63) is 71.5 Å². The van der Waals surface area contributed by atoms with E-state index in [9.17, 15) is 22.7 Å². The first-order valence-corrected chi connectivity index (χ1v) is 8.40. The molecule has 0 aromatic heterocycles. The number of aliphatic carboxylic acids is 1. The molecule has 0 saturated carbocycles. The molecule has 0 saturated heterocycles. The maximum atomic E-state index is 12.9. The Morgan fingerprint density at radius 1 is 1.13 bits per heavy atom. The van der Waals surface area contributed by atoms with Gasteiger partial charge in [0.1, 0.15) is 11.9 Å². The summed E-state index contributed by atoms with van der Waals surface area (Å²) in [5.41, 5.74) is 0.751. The number of sulfonamides is 1.